The summed E-state index contributed by atoms with van der Waals surface area (Å²) in [5.74, 6) is -2.67. The molecule has 0 fully saturated rings. The van der Waals surface area contributed by atoms with Crippen molar-refractivity contribution >= 4 is 11.8 Å². The van der Waals surface area contributed by atoms with Gasteiger partial charge in [-0.1, -0.05) is 0 Å². The predicted octanol–water partition coefficient (Wildman–Crippen LogP) is 2.34. The van der Waals surface area contributed by atoms with Crippen LogP contribution in [0.5, 0.6) is 0 Å². The van der Waals surface area contributed by atoms with Crippen LogP contribution in [-0.4, -0.2) is 35.3 Å². The van der Waals surface area contributed by atoms with E-state index in [1.807, 2.05) is 20.8 Å². The highest BCUT2D eigenvalue weighted by Gasteiger charge is 2.23. The summed E-state index contributed by atoms with van der Waals surface area (Å²) in [7, 11) is 0. The molecule has 2 amide bonds. The van der Waals surface area contributed by atoms with Crippen LogP contribution in [0.1, 0.15) is 38.1 Å². The minimum Gasteiger partial charge on any atom is -0.350 e. The van der Waals surface area contributed by atoms with Gasteiger partial charge in [0.25, 0.3) is 5.91 Å². The maximum atomic E-state index is 13.0. The van der Waals surface area contributed by atoms with Crippen molar-refractivity contribution in [3.63, 3.8) is 0 Å². The molecular formula is C15H20F2N2O2. The van der Waals surface area contributed by atoms with Crippen LogP contribution < -0.4 is 5.32 Å². The molecule has 0 spiro atoms. The van der Waals surface area contributed by atoms with Gasteiger partial charge in [0.15, 0.2) is 11.6 Å². The van der Waals surface area contributed by atoms with Crippen molar-refractivity contribution < 1.29 is 18.4 Å². The molecule has 0 atom stereocenters. The van der Waals surface area contributed by atoms with Crippen LogP contribution in [0.3, 0.4) is 0 Å². The topological polar surface area (TPSA) is 49.4 Å². The van der Waals surface area contributed by atoms with Crippen LogP contribution in [0, 0.1) is 11.6 Å². The SMILES string of the molecule is CC(=O)N(CCNC(=O)c1ccc(F)c(F)c1)C(C)(C)C. The number of carbonyl (C=O) groups is 2. The van der Waals surface area contributed by atoms with Gasteiger partial charge in [0.05, 0.1) is 0 Å². The van der Waals surface area contributed by atoms with E-state index in [-0.39, 0.29) is 23.6 Å². The fourth-order valence-corrected chi connectivity index (χ4v) is 1.99. The first-order valence-corrected chi connectivity index (χ1v) is 6.64. The van der Waals surface area contributed by atoms with Gasteiger partial charge in [-0.3, -0.25) is 9.59 Å². The van der Waals surface area contributed by atoms with E-state index in [2.05, 4.69) is 5.32 Å². The van der Waals surface area contributed by atoms with E-state index in [1.165, 1.54) is 13.0 Å². The molecule has 4 nitrogen and oxygen atoms in total. The van der Waals surface area contributed by atoms with E-state index in [0.717, 1.165) is 12.1 Å². The zero-order valence-corrected chi connectivity index (χ0v) is 12.7. The van der Waals surface area contributed by atoms with Gasteiger partial charge in [0, 0.05) is 31.1 Å². The van der Waals surface area contributed by atoms with E-state index in [4.69, 9.17) is 0 Å². The summed E-state index contributed by atoms with van der Waals surface area (Å²) in [6.45, 7) is 7.72. The fraction of sp³-hybridized carbons (Fsp3) is 0.467. The average Bonchev–Trinajstić information content (AvgIpc) is 2.35. The number of hydrogen-bond donors (Lipinski definition) is 1. The maximum absolute atomic E-state index is 13.0. The summed E-state index contributed by atoms with van der Waals surface area (Å²) in [6, 6.07) is 2.96. The van der Waals surface area contributed by atoms with Gasteiger partial charge < -0.3 is 10.2 Å². The molecule has 1 aromatic carbocycles. The largest absolute Gasteiger partial charge is 0.350 e. The molecule has 0 aliphatic carbocycles. The van der Waals surface area contributed by atoms with Crippen LogP contribution >= 0.6 is 0 Å². The summed E-state index contributed by atoms with van der Waals surface area (Å²) >= 11 is 0. The smallest absolute Gasteiger partial charge is 0.251 e. The lowest BCUT2D eigenvalue weighted by molar-refractivity contribution is -0.133. The molecular weight excluding hydrogens is 278 g/mol. The van der Waals surface area contributed by atoms with Crippen LogP contribution in [0.25, 0.3) is 0 Å². The Labute approximate surface area is 123 Å². The second-order valence-corrected chi connectivity index (χ2v) is 5.73. The molecule has 1 aromatic rings. The molecule has 116 valence electrons. The molecule has 21 heavy (non-hydrogen) atoms. The Morgan fingerprint density at radius 3 is 2.29 bits per heavy atom. The van der Waals surface area contributed by atoms with Crippen molar-refractivity contribution in [3.05, 3.63) is 35.4 Å². The van der Waals surface area contributed by atoms with E-state index < -0.39 is 17.5 Å². The number of amides is 2. The minimum atomic E-state index is -1.07. The highest BCUT2D eigenvalue weighted by atomic mass is 19.2. The molecule has 0 aliphatic heterocycles. The first-order valence-electron chi connectivity index (χ1n) is 6.64. The summed E-state index contributed by atoms with van der Waals surface area (Å²) in [6.07, 6.45) is 0. The number of rotatable bonds is 4. The monoisotopic (exact) mass is 298 g/mol. The normalized spacial score (nSPS) is 11.1. The summed E-state index contributed by atoms with van der Waals surface area (Å²) < 4.78 is 25.8. The van der Waals surface area contributed by atoms with Crippen LogP contribution in [0.4, 0.5) is 8.78 Å². The van der Waals surface area contributed by atoms with Crippen molar-refractivity contribution in [2.24, 2.45) is 0 Å². The Morgan fingerprint density at radius 2 is 1.81 bits per heavy atom. The van der Waals surface area contributed by atoms with Gasteiger partial charge in [-0.15, -0.1) is 0 Å². The van der Waals surface area contributed by atoms with Crippen LogP contribution in [0.15, 0.2) is 18.2 Å². The standard InChI is InChI=1S/C15H20F2N2O2/c1-10(20)19(15(2,3)4)8-7-18-14(21)11-5-6-12(16)13(17)9-11/h5-6,9H,7-8H2,1-4H3,(H,18,21). The van der Waals surface area contributed by atoms with Crippen molar-refractivity contribution in [2.45, 2.75) is 33.2 Å². The molecule has 0 unspecified atom stereocenters. The van der Waals surface area contributed by atoms with Crippen molar-refractivity contribution in [3.8, 4) is 0 Å². The molecule has 0 bridgehead atoms. The number of halogens is 2. The summed E-state index contributed by atoms with van der Waals surface area (Å²) in [5, 5.41) is 2.58. The Balaban J connectivity index is 2.60. The van der Waals surface area contributed by atoms with Gasteiger partial charge >= 0.3 is 0 Å². The molecule has 0 heterocycles. The Morgan fingerprint density at radius 1 is 1.19 bits per heavy atom. The average molecular weight is 298 g/mol. The van der Waals surface area contributed by atoms with E-state index in [0.29, 0.717) is 6.54 Å². The van der Waals surface area contributed by atoms with E-state index >= 15 is 0 Å². The van der Waals surface area contributed by atoms with Crippen molar-refractivity contribution in [1.29, 1.82) is 0 Å². The van der Waals surface area contributed by atoms with Gasteiger partial charge in [0.2, 0.25) is 5.91 Å². The zero-order valence-electron chi connectivity index (χ0n) is 12.7. The molecule has 0 saturated carbocycles. The number of nitrogens with one attached hydrogen (secondary N) is 1. The van der Waals surface area contributed by atoms with Gasteiger partial charge in [-0.2, -0.15) is 0 Å². The Bertz CT molecular complexity index is 539. The number of nitrogens with zero attached hydrogens (tertiary/aromatic N) is 1. The van der Waals surface area contributed by atoms with E-state index in [9.17, 15) is 18.4 Å². The molecule has 1 N–H and O–H groups in total. The molecule has 6 heteroatoms. The van der Waals surface area contributed by atoms with Gasteiger partial charge in [-0.25, -0.2) is 8.78 Å². The molecule has 0 aromatic heterocycles. The lowest BCUT2D eigenvalue weighted by Crippen LogP contribution is -2.48. The van der Waals surface area contributed by atoms with Crippen LogP contribution in [0.2, 0.25) is 0 Å². The van der Waals surface area contributed by atoms with Gasteiger partial charge in [0.1, 0.15) is 0 Å². The number of benzene rings is 1. The lowest BCUT2D eigenvalue weighted by Gasteiger charge is -2.35. The molecule has 0 saturated heterocycles. The Hall–Kier alpha value is -1.98. The third kappa shape index (κ3) is 4.81. The summed E-state index contributed by atoms with van der Waals surface area (Å²) in [4.78, 5) is 25.0. The van der Waals surface area contributed by atoms with Crippen molar-refractivity contribution in [1.82, 2.24) is 10.2 Å². The van der Waals surface area contributed by atoms with E-state index in [1.54, 1.807) is 4.90 Å². The second kappa shape index (κ2) is 6.65. The fourth-order valence-electron chi connectivity index (χ4n) is 1.99. The summed E-state index contributed by atoms with van der Waals surface area (Å²) in [5.41, 5.74) is -0.308. The third-order valence-corrected chi connectivity index (χ3v) is 2.99. The first-order chi connectivity index (χ1) is 9.62. The van der Waals surface area contributed by atoms with Gasteiger partial charge in [-0.05, 0) is 39.0 Å². The first kappa shape index (κ1) is 17.1. The quantitative estimate of drug-likeness (QED) is 0.927. The predicted molar refractivity (Wildman–Crippen MR) is 75.8 cm³/mol. The maximum Gasteiger partial charge on any atom is 0.251 e. The number of hydrogen-bond acceptors (Lipinski definition) is 2. The molecule has 0 radical (unpaired) electrons. The highest BCUT2D eigenvalue weighted by molar-refractivity contribution is 5.94. The molecule has 1 rings (SSSR count). The van der Waals surface area contributed by atoms with Crippen molar-refractivity contribution in [2.75, 3.05) is 13.1 Å². The minimum absolute atomic E-state index is 0.0408. The lowest BCUT2D eigenvalue weighted by atomic mass is 10.1. The molecule has 0 aliphatic rings. The van der Waals surface area contributed by atoms with Crippen LogP contribution in [-0.2, 0) is 4.79 Å². The highest BCUT2D eigenvalue weighted by Crippen LogP contribution is 2.12. The third-order valence-electron chi connectivity index (χ3n) is 2.99. The second-order valence-electron chi connectivity index (χ2n) is 5.73. The zero-order chi connectivity index (χ0) is 16.2. The number of carbonyl (C=O) groups excluding carboxylic acids is 2. The Kier molecular flexibility index (Phi) is 5.41.